The first-order valence-corrected chi connectivity index (χ1v) is 6.32. The lowest BCUT2D eigenvalue weighted by atomic mass is 10.1. The maximum absolute atomic E-state index is 14.2. The fourth-order valence-electron chi connectivity index (χ4n) is 2.07. The second kappa shape index (κ2) is 5.34. The fourth-order valence-corrected chi connectivity index (χ4v) is 2.07. The quantitative estimate of drug-likeness (QED) is 0.771. The number of aliphatic hydroxyl groups excluding tert-OH is 1. The summed E-state index contributed by atoms with van der Waals surface area (Å²) in [5, 5.41) is 8.98. The second-order valence-corrected chi connectivity index (χ2v) is 4.47. The van der Waals surface area contributed by atoms with Gasteiger partial charge in [0.25, 0.3) is 5.56 Å². The van der Waals surface area contributed by atoms with Gasteiger partial charge in [-0.2, -0.15) is 0 Å². The fraction of sp³-hybridized carbons (Fsp3) is 0.0667. The average Bonchev–Trinajstić information content (AvgIpc) is 2.96. The van der Waals surface area contributed by atoms with Gasteiger partial charge in [-0.3, -0.25) is 9.36 Å². The zero-order valence-electron chi connectivity index (χ0n) is 11.0. The van der Waals surface area contributed by atoms with Crippen LogP contribution in [0.15, 0.2) is 53.6 Å². The molecule has 0 atom stereocenters. The highest BCUT2D eigenvalue weighted by atomic mass is 19.1. The number of hydrogen-bond donors (Lipinski definition) is 2. The van der Waals surface area contributed by atoms with Crippen LogP contribution in [-0.4, -0.2) is 19.6 Å². The van der Waals surface area contributed by atoms with Crippen LogP contribution in [0.5, 0.6) is 0 Å². The number of H-pyrrole nitrogens is 1. The molecule has 0 saturated heterocycles. The van der Waals surface area contributed by atoms with Gasteiger partial charge in [-0.25, -0.2) is 9.37 Å². The van der Waals surface area contributed by atoms with E-state index in [0.29, 0.717) is 17.2 Å². The molecule has 2 aromatic heterocycles. The summed E-state index contributed by atoms with van der Waals surface area (Å²) in [6, 6.07) is 9.20. The van der Waals surface area contributed by atoms with Crippen LogP contribution >= 0.6 is 0 Å². The van der Waals surface area contributed by atoms with Crippen LogP contribution in [-0.2, 0) is 6.61 Å². The molecule has 3 rings (SSSR count). The standard InChI is InChI=1S/C15H12FN3O2/c16-13-7-11(19-6-2-1-3-14(19)21)4-5-12(13)15-17-8-10(9-20)18-15/h1-8,20H,9H2,(H,17,18). The number of pyridine rings is 1. The molecule has 0 aliphatic heterocycles. The molecule has 0 spiro atoms. The summed E-state index contributed by atoms with van der Waals surface area (Å²) in [5.74, 6) is -0.161. The second-order valence-electron chi connectivity index (χ2n) is 4.47. The summed E-state index contributed by atoms with van der Waals surface area (Å²) in [4.78, 5) is 18.6. The van der Waals surface area contributed by atoms with Gasteiger partial charge in [0.15, 0.2) is 0 Å². The van der Waals surface area contributed by atoms with Crippen LogP contribution in [0, 0.1) is 5.82 Å². The first-order chi connectivity index (χ1) is 10.2. The van der Waals surface area contributed by atoms with E-state index in [1.807, 2.05) is 0 Å². The molecule has 3 aromatic rings. The Morgan fingerprint density at radius 1 is 1.29 bits per heavy atom. The van der Waals surface area contributed by atoms with Crippen molar-refractivity contribution in [1.29, 1.82) is 0 Å². The van der Waals surface area contributed by atoms with Crippen molar-refractivity contribution in [1.82, 2.24) is 14.5 Å². The number of aliphatic hydroxyl groups is 1. The number of benzene rings is 1. The number of aromatic nitrogens is 3. The van der Waals surface area contributed by atoms with Crippen molar-refractivity contribution < 1.29 is 9.50 Å². The maximum Gasteiger partial charge on any atom is 0.255 e. The summed E-state index contributed by atoms with van der Waals surface area (Å²) < 4.78 is 15.6. The highest BCUT2D eigenvalue weighted by Crippen LogP contribution is 2.22. The van der Waals surface area contributed by atoms with Crippen molar-refractivity contribution in [2.75, 3.05) is 0 Å². The minimum Gasteiger partial charge on any atom is -0.390 e. The van der Waals surface area contributed by atoms with Crippen LogP contribution in [0.3, 0.4) is 0 Å². The van der Waals surface area contributed by atoms with Gasteiger partial charge in [0.05, 0.1) is 23.6 Å². The Morgan fingerprint density at radius 2 is 2.14 bits per heavy atom. The van der Waals surface area contributed by atoms with E-state index in [-0.39, 0.29) is 17.7 Å². The van der Waals surface area contributed by atoms with E-state index in [2.05, 4.69) is 9.97 Å². The third kappa shape index (κ3) is 2.48. The van der Waals surface area contributed by atoms with E-state index < -0.39 is 5.82 Å². The summed E-state index contributed by atoms with van der Waals surface area (Å²) >= 11 is 0. The van der Waals surface area contributed by atoms with Gasteiger partial charge in [0, 0.05) is 18.5 Å². The van der Waals surface area contributed by atoms with Crippen molar-refractivity contribution >= 4 is 0 Å². The van der Waals surface area contributed by atoms with Gasteiger partial charge in [-0.05, 0) is 24.3 Å². The van der Waals surface area contributed by atoms with E-state index in [4.69, 9.17) is 5.11 Å². The molecule has 2 N–H and O–H groups in total. The lowest BCUT2D eigenvalue weighted by molar-refractivity contribution is 0.277. The van der Waals surface area contributed by atoms with E-state index in [1.54, 1.807) is 30.5 Å². The molecular weight excluding hydrogens is 273 g/mol. The van der Waals surface area contributed by atoms with Crippen LogP contribution < -0.4 is 5.56 Å². The maximum atomic E-state index is 14.2. The summed E-state index contributed by atoms with van der Waals surface area (Å²) in [5.41, 5.74) is 0.927. The molecule has 21 heavy (non-hydrogen) atoms. The summed E-state index contributed by atoms with van der Waals surface area (Å²) in [6.45, 7) is -0.213. The topological polar surface area (TPSA) is 70.9 Å². The highest BCUT2D eigenvalue weighted by Gasteiger charge is 2.11. The Morgan fingerprint density at radius 3 is 2.81 bits per heavy atom. The Bertz CT molecular complexity index is 839. The Hall–Kier alpha value is -2.73. The molecule has 2 heterocycles. The number of rotatable bonds is 3. The average molecular weight is 285 g/mol. The Balaban J connectivity index is 2.04. The molecule has 106 valence electrons. The minimum atomic E-state index is -0.498. The number of aromatic amines is 1. The van der Waals surface area contributed by atoms with Crippen molar-refractivity contribution in [3.8, 4) is 17.1 Å². The molecule has 0 aliphatic carbocycles. The molecule has 0 saturated carbocycles. The van der Waals surface area contributed by atoms with E-state index in [9.17, 15) is 9.18 Å². The van der Waals surface area contributed by atoms with Crippen LogP contribution in [0.4, 0.5) is 4.39 Å². The van der Waals surface area contributed by atoms with Gasteiger partial charge in [0.1, 0.15) is 11.6 Å². The lowest BCUT2D eigenvalue weighted by Crippen LogP contribution is -2.15. The van der Waals surface area contributed by atoms with Gasteiger partial charge in [0.2, 0.25) is 0 Å². The predicted molar refractivity (Wildman–Crippen MR) is 75.5 cm³/mol. The molecule has 0 unspecified atom stereocenters. The molecular formula is C15H12FN3O2. The molecule has 0 amide bonds. The zero-order chi connectivity index (χ0) is 14.8. The van der Waals surface area contributed by atoms with Crippen LogP contribution in [0.2, 0.25) is 0 Å². The van der Waals surface area contributed by atoms with Gasteiger partial charge in [-0.15, -0.1) is 0 Å². The third-order valence-corrected chi connectivity index (χ3v) is 3.10. The monoisotopic (exact) mass is 285 g/mol. The van der Waals surface area contributed by atoms with Crippen molar-refractivity contribution in [2.45, 2.75) is 6.61 Å². The van der Waals surface area contributed by atoms with E-state index in [1.165, 1.54) is 22.9 Å². The van der Waals surface area contributed by atoms with Crippen LogP contribution in [0.1, 0.15) is 5.69 Å². The molecule has 0 bridgehead atoms. The first kappa shape index (κ1) is 13.3. The van der Waals surface area contributed by atoms with Gasteiger partial charge < -0.3 is 10.1 Å². The van der Waals surface area contributed by atoms with Gasteiger partial charge in [-0.1, -0.05) is 6.07 Å². The van der Waals surface area contributed by atoms with E-state index >= 15 is 0 Å². The largest absolute Gasteiger partial charge is 0.390 e. The highest BCUT2D eigenvalue weighted by molar-refractivity contribution is 5.58. The lowest BCUT2D eigenvalue weighted by Gasteiger charge is -2.07. The van der Waals surface area contributed by atoms with Crippen molar-refractivity contribution in [3.63, 3.8) is 0 Å². The SMILES string of the molecule is O=c1ccccn1-c1ccc(-c2nc(CO)c[nH]2)c(F)c1. The predicted octanol–water partition coefficient (Wildman–Crippen LogP) is 1.86. The van der Waals surface area contributed by atoms with Gasteiger partial charge >= 0.3 is 0 Å². The van der Waals surface area contributed by atoms with E-state index in [0.717, 1.165) is 0 Å². The number of imidazole rings is 1. The molecule has 5 nitrogen and oxygen atoms in total. The Kier molecular flexibility index (Phi) is 3.37. The molecule has 0 radical (unpaired) electrons. The number of nitrogens with zero attached hydrogens (tertiary/aromatic N) is 2. The molecule has 0 aliphatic rings. The third-order valence-electron chi connectivity index (χ3n) is 3.10. The first-order valence-electron chi connectivity index (χ1n) is 6.32. The number of halogens is 1. The van der Waals surface area contributed by atoms with Crippen molar-refractivity contribution in [2.24, 2.45) is 0 Å². The van der Waals surface area contributed by atoms with Crippen LogP contribution in [0.25, 0.3) is 17.1 Å². The molecule has 6 heteroatoms. The zero-order valence-corrected chi connectivity index (χ0v) is 11.0. The smallest absolute Gasteiger partial charge is 0.255 e. The Labute approximate surface area is 119 Å². The summed E-state index contributed by atoms with van der Waals surface area (Å²) in [6.07, 6.45) is 3.10. The minimum absolute atomic E-state index is 0.213. The van der Waals surface area contributed by atoms with Crippen molar-refractivity contribution in [3.05, 3.63) is 70.7 Å². The molecule has 1 aromatic carbocycles. The summed E-state index contributed by atoms with van der Waals surface area (Å²) in [7, 11) is 0. The normalized spacial score (nSPS) is 10.8. The number of nitrogens with one attached hydrogen (secondary N) is 1. The number of hydrogen-bond acceptors (Lipinski definition) is 3. The molecule has 0 fully saturated rings.